The Morgan fingerprint density at radius 3 is 2.20 bits per heavy atom. The molecule has 1 rings (SSSR count). The number of amides is 1. The average molecular weight is 293 g/mol. The third kappa shape index (κ3) is 3.09. The summed E-state index contributed by atoms with van der Waals surface area (Å²) in [6.07, 6.45) is -5.46. The van der Waals surface area contributed by atoms with Crippen LogP contribution in [0.4, 0.5) is 23.2 Å². The van der Waals surface area contributed by atoms with Crippen LogP contribution in [0.15, 0.2) is 24.3 Å². The summed E-state index contributed by atoms with van der Waals surface area (Å²) in [7, 11) is 0.488. The van der Waals surface area contributed by atoms with E-state index < -0.39 is 17.9 Å². The van der Waals surface area contributed by atoms with Gasteiger partial charge in [-0.1, -0.05) is 32.0 Å². The molecule has 0 radical (unpaired) electrons. The van der Waals surface area contributed by atoms with E-state index in [1.807, 2.05) is 5.32 Å². The number of carbonyl (C=O) groups excluding carboxylic acids is 1. The van der Waals surface area contributed by atoms with Gasteiger partial charge in [-0.3, -0.25) is 4.79 Å². The Morgan fingerprint density at radius 1 is 1.20 bits per heavy atom. The fraction of sp³-hybridized carbons (Fsp3) is 0.462. The molecule has 7 heteroatoms. The van der Waals surface area contributed by atoms with E-state index in [1.165, 1.54) is 12.1 Å². The third-order valence-corrected chi connectivity index (χ3v) is 2.77. The minimum Gasteiger partial charge on any atom is -0.335 e. The van der Waals surface area contributed by atoms with Crippen molar-refractivity contribution in [1.29, 1.82) is 0 Å². The van der Waals surface area contributed by atoms with E-state index >= 15 is 0 Å². The normalized spacial score (nSPS) is 15.0. The van der Waals surface area contributed by atoms with Crippen LogP contribution in [0.5, 0.6) is 0 Å². The van der Waals surface area contributed by atoms with E-state index in [-0.39, 0.29) is 11.6 Å². The molecule has 0 heterocycles. The van der Waals surface area contributed by atoms with Gasteiger partial charge in [0.05, 0.1) is 0 Å². The van der Waals surface area contributed by atoms with Crippen LogP contribution in [0, 0.1) is 0 Å². The number of nitrogens with one attached hydrogen (secondary N) is 1. The Kier molecular flexibility index (Phi) is 4.75. The minimum atomic E-state index is -5.46. The number of hydrogen-bond acceptors (Lipinski definition) is 2. The summed E-state index contributed by atoms with van der Waals surface area (Å²) < 4.78 is 55.1. The molecular weight excluding hydrogens is 278 g/mol. The van der Waals surface area contributed by atoms with E-state index in [2.05, 4.69) is 4.74 Å². The van der Waals surface area contributed by atoms with Crippen LogP contribution >= 0.6 is 0 Å². The van der Waals surface area contributed by atoms with Gasteiger partial charge in [0.1, 0.15) is 0 Å². The molecule has 3 nitrogen and oxygen atoms in total. The smallest absolute Gasteiger partial charge is 0.335 e. The lowest BCUT2D eigenvalue weighted by Gasteiger charge is -2.25. The lowest BCUT2D eigenvalue weighted by atomic mass is 10.0. The van der Waals surface area contributed by atoms with Gasteiger partial charge >= 0.3 is 12.0 Å². The first kappa shape index (κ1) is 16.4. The average Bonchev–Trinajstić information content (AvgIpc) is 2.36. The maximum absolute atomic E-state index is 13.7. The van der Waals surface area contributed by atoms with Gasteiger partial charge in [0.25, 0.3) is 5.91 Å². The SMILES string of the molecule is COC(F)(C(=O)Nc1ccccc1C(C)C)C(F)(F)F. The quantitative estimate of drug-likeness (QED) is 0.861. The van der Waals surface area contributed by atoms with Crippen LogP contribution in [0.1, 0.15) is 25.3 Å². The van der Waals surface area contributed by atoms with Gasteiger partial charge in [0, 0.05) is 12.8 Å². The summed E-state index contributed by atoms with van der Waals surface area (Å²) in [5.74, 6) is -6.33. The van der Waals surface area contributed by atoms with Crippen molar-refractivity contribution in [2.45, 2.75) is 31.8 Å². The number of carbonyl (C=O) groups is 1. The highest BCUT2D eigenvalue weighted by molar-refractivity contribution is 5.97. The number of ether oxygens (including phenoxy) is 1. The second-order valence-electron chi connectivity index (χ2n) is 4.49. The van der Waals surface area contributed by atoms with Crippen molar-refractivity contribution in [2.24, 2.45) is 0 Å². The maximum Gasteiger partial charge on any atom is 0.458 e. The fourth-order valence-corrected chi connectivity index (χ4v) is 1.65. The van der Waals surface area contributed by atoms with Crippen molar-refractivity contribution < 1.29 is 27.1 Å². The van der Waals surface area contributed by atoms with Crippen molar-refractivity contribution in [3.8, 4) is 0 Å². The first-order valence-corrected chi connectivity index (χ1v) is 5.84. The molecular formula is C13H15F4NO2. The van der Waals surface area contributed by atoms with E-state index in [0.29, 0.717) is 12.7 Å². The molecule has 1 unspecified atom stereocenters. The predicted octanol–water partition coefficient (Wildman–Crippen LogP) is 3.62. The molecule has 0 saturated carbocycles. The molecule has 1 aromatic carbocycles. The summed E-state index contributed by atoms with van der Waals surface area (Å²) in [4.78, 5) is 11.6. The number of alkyl halides is 4. The van der Waals surface area contributed by atoms with Crippen LogP contribution in [-0.2, 0) is 9.53 Å². The van der Waals surface area contributed by atoms with Crippen LogP contribution in [0.25, 0.3) is 0 Å². The third-order valence-electron chi connectivity index (χ3n) is 2.77. The monoisotopic (exact) mass is 293 g/mol. The summed E-state index contributed by atoms with van der Waals surface area (Å²) in [5, 5.41) is 1.93. The molecule has 0 aliphatic carbocycles. The second-order valence-corrected chi connectivity index (χ2v) is 4.49. The zero-order valence-corrected chi connectivity index (χ0v) is 11.2. The van der Waals surface area contributed by atoms with Crippen molar-refractivity contribution in [3.05, 3.63) is 29.8 Å². The van der Waals surface area contributed by atoms with Gasteiger partial charge in [-0.05, 0) is 17.5 Å². The van der Waals surface area contributed by atoms with Gasteiger partial charge in [-0.15, -0.1) is 0 Å². The largest absolute Gasteiger partial charge is 0.458 e. The molecule has 0 bridgehead atoms. The minimum absolute atomic E-state index is 0.0473. The van der Waals surface area contributed by atoms with Crippen LogP contribution in [0.2, 0.25) is 0 Å². The number of benzene rings is 1. The zero-order valence-electron chi connectivity index (χ0n) is 11.2. The summed E-state index contributed by atoms with van der Waals surface area (Å²) in [6.45, 7) is 3.60. The summed E-state index contributed by atoms with van der Waals surface area (Å²) in [5.41, 5.74) is 0.720. The summed E-state index contributed by atoms with van der Waals surface area (Å²) >= 11 is 0. The molecule has 0 fully saturated rings. The van der Waals surface area contributed by atoms with E-state index in [0.717, 1.165) is 0 Å². The predicted molar refractivity (Wildman–Crippen MR) is 66.1 cm³/mol. The number of hydrogen-bond donors (Lipinski definition) is 1. The van der Waals surface area contributed by atoms with Crippen molar-refractivity contribution in [3.63, 3.8) is 0 Å². The lowest BCUT2D eigenvalue weighted by molar-refractivity contribution is -0.305. The van der Waals surface area contributed by atoms with Crippen LogP contribution in [-0.4, -0.2) is 25.0 Å². The van der Waals surface area contributed by atoms with E-state index in [1.54, 1.807) is 26.0 Å². The van der Waals surface area contributed by atoms with E-state index in [4.69, 9.17) is 0 Å². The van der Waals surface area contributed by atoms with Crippen molar-refractivity contribution >= 4 is 11.6 Å². The van der Waals surface area contributed by atoms with Crippen LogP contribution < -0.4 is 5.32 Å². The number of anilines is 1. The molecule has 0 aliphatic heterocycles. The van der Waals surface area contributed by atoms with E-state index in [9.17, 15) is 22.4 Å². The molecule has 0 saturated heterocycles. The Balaban J connectivity index is 3.08. The number of rotatable bonds is 4. The molecule has 1 atom stereocenters. The molecule has 20 heavy (non-hydrogen) atoms. The first-order chi connectivity index (χ1) is 9.13. The number of para-hydroxylation sites is 1. The van der Waals surface area contributed by atoms with Crippen molar-refractivity contribution in [2.75, 3.05) is 12.4 Å². The molecule has 112 valence electrons. The topological polar surface area (TPSA) is 38.3 Å². The second kappa shape index (κ2) is 5.78. The Hall–Kier alpha value is -1.63. The highest BCUT2D eigenvalue weighted by Crippen LogP contribution is 2.36. The van der Waals surface area contributed by atoms with Gasteiger partial charge in [0.15, 0.2) is 0 Å². The molecule has 0 aliphatic rings. The molecule has 1 amide bonds. The van der Waals surface area contributed by atoms with Gasteiger partial charge in [0.2, 0.25) is 0 Å². The molecule has 1 N–H and O–H groups in total. The number of methoxy groups -OCH3 is 1. The Bertz CT molecular complexity index is 488. The highest BCUT2D eigenvalue weighted by atomic mass is 19.4. The maximum atomic E-state index is 13.7. The number of halogens is 4. The molecule has 1 aromatic rings. The molecule has 0 spiro atoms. The highest BCUT2D eigenvalue weighted by Gasteiger charge is 2.63. The van der Waals surface area contributed by atoms with Gasteiger partial charge in [-0.25, -0.2) is 0 Å². The standard InChI is InChI=1S/C13H15F4NO2/c1-8(2)9-6-4-5-7-10(9)18-11(19)12(14,20-3)13(15,16)17/h4-8H,1-3H3,(H,18,19). The zero-order chi connectivity index (χ0) is 15.6. The van der Waals surface area contributed by atoms with Gasteiger partial charge < -0.3 is 10.1 Å². The molecule has 0 aromatic heterocycles. The summed E-state index contributed by atoms with van der Waals surface area (Å²) in [6, 6.07) is 6.25. The van der Waals surface area contributed by atoms with Crippen molar-refractivity contribution in [1.82, 2.24) is 0 Å². The van der Waals surface area contributed by atoms with Crippen LogP contribution in [0.3, 0.4) is 0 Å². The Labute approximate surface area is 113 Å². The Morgan fingerprint density at radius 2 is 1.75 bits per heavy atom. The van der Waals surface area contributed by atoms with Gasteiger partial charge in [-0.2, -0.15) is 17.6 Å². The lowest BCUT2D eigenvalue weighted by Crippen LogP contribution is -2.52. The first-order valence-electron chi connectivity index (χ1n) is 5.84. The fourth-order valence-electron chi connectivity index (χ4n) is 1.65.